The van der Waals surface area contributed by atoms with Crippen molar-refractivity contribution < 1.29 is 23.8 Å². The molecule has 0 radical (unpaired) electrons. The third-order valence-corrected chi connectivity index (χ3v) is 4.82. The lowest BCUT2D eigenvalue weighted by atomic mass is 10.1. The van der Waals surface area contributed by atoms with Gasteiger partial charge in [0.1, 0.15) is 23.1 Å². The summed E-state index contributed by atoms with van der Waals surface area (Å²) in [7, 11) is 0. The molecule has 0 heterocycles. The van der Waals surface area contributed by atoms with E-state index in [-0.39, 0.29) is 18.6 Å². The Hall–Kier alpha value is -3.11. The Morgan fingerprint density at radius 1 is 1.16 bits per heavy atom. The first-order valence-electron chi connectivity index (χ1n) is 9.97. The molecule has 0 amide bonds. The second kappa shape index (κ2) is 12.6. The van der Waals surface area contributed by atoms with E-state index in [9.17, 15) is 9.59 Å². The van der Waals surface area contributed by atoms with Gasteiger partial charge < -0.3 is 14.2 Å². The van der Waals surface area contributed by atoms with Crippen LogP contribution in [0.25, 0.3) is 6.08 Å². The summed E-state index contributed by atoms with van der Waals surface area (Å²) in [6.45, 7) is 4.31. The summed E-state index contributed by atoms with van der Waals surface area (Å²) >= 11 is 3.49. The minimum Gasteiger partial charge on any atom is -0.492 e. The van der Waals surface area contributed by atoms with Crippen LogP contribution in [0.3, 0.4) is 0 Å². The van der Waals surface area contributed by atoms with Crippen LogP contribution in [0, 0.1) is 11.3 Å². The molecule has 162 valence electrons. The first-order chi connectivity index (χ1) is 15.0. The quantitative estimate of drug-likeness (QED) is 0.150. The topological polar surface area (TPSA) is 85.6 Å². The van der Waals surface area contributed by atoms with Gasteiger partial charge in [-0.1, -0.05) is 25.1 Å². The van der Waals surface area contributed by atoms with Crippen molar-refractivity contribution in [2.24, 2.45) is 0 Å². The predicted octanol–water partition coefficient (Wildman–Crippen LogP) is 5.25. The molecule has 2 aromatic carbocycles. The van der Waals surface area contributed by atoms with E-state index in [4.69, 9.17) is 19.5 Å². The van der Waals surface area contributed by atoms with E-state index < -0.39 is 11.9 Å². The van der Waals surface area contributed by atoms with Crippen LogP contribution in [-0.4, -0.2) is 25.2 Å². The summed E-state index contributed by atoms with van der Waals surface area (Å²) in [5, 5.41) is 9.13. The Morgan fingerprint density at radius 3 is 2.65 bits per heavy atom. The highest BCUT2D eigenvalue weighted by atomic mass is 79.9. The molecule has 0 N–H and O–H groups in total. The van der Waals surface area contributed by atoms with Crippen molar-refractivity contribution in [3.8, 4) is 17.6 Å². The van der Waals surface area contributed by atoms with Crippen molar-refractivity contribution in [3.05, 3.63) is 63.6 Å². The van der Waals surface area contributed by atoms with Gasteiger partial charge in [0.15, 0.2) is 0 Å². The van der Waals surface area contributed by atoms with Crippen molar-refractivity contribution in [2.75, 3.05) is 13.2 Å². The minimum absolute atomic E-state index is 0.124. The van der Waals surface area contributed by atoms with Crippen LogP contribution in [0.2, 0.25) is 0 Å². The van der Waals surface area contributed by atoms with Crippen LogP contribution >= 0.6 is 15.9 Å². The van der Waals surface area contributed by atoms with Crippen LogP contribution in [0.4, 0.5) is 0 Å². The molecule has 0 fully saturated rings. The number of rotatable bonds is 10. The lowest BCUT2D eigenvalue weighted by Gasteiger charge is -2.09. The monoisotopic (exact) mass is 485 g/mol. The maximum atomic E-state index is 12.1. The van der Waals surface area contributed by atoms with Crippen molar-refractivity contribution in [2.45, 2.75) is 33.1 Å². The number of aryl methyl sites for hydroxylation is 1. The van der Waals surface area contributed by atoms with Crippen molar-refractivity contribution in [1.82, 2.24) is 0 Å². The zero-order valence-electron chi connectivity index (χ0n) is 17.5. The highest BCUT2D eigenvalue weighted by Crippen LogP contribution is 2.26. The maximum Gasteiger partial charge on any atom is 0.348 e. The lowest BCUT2D eigenvalue weighted by Crippen LogP contribution is -2.10. The van der Waals surface area contributed by atoms with Crippen LogP contribution in [0.15, 0.2) is 52.5 Å². The summed E-state index contributed by atoms with van der Waals surface area (Å²) in [5.74, 6) is -0.0157. The molecule has 0 unspecified atom stereocenters. The molecule has 0 aromatic heterocycles. The molecular formula is C24H24BrNO5. The lowest BCUT2D eigenvalue weighted by molar-refractivity contribution is -0.138. The van der Waals surface area contributed by atoms with Gasteiger partial charge in [0, 0.05) is 6.42 Å². The standard InChI is InChI=1S/C24H24BrNO5/c1-3-17-10-11-22(21(25)15-17)30-12-6-9-23(27)31-20-8-5-7-18(14-20)13-19(16-26)24(28)29-4-2/h5,7-8,10-11,13-15H,3-4,6,9,12H2,1-2H3/b19-13+. The number of esters is 2. The normalized spacial score (nSPS) is 10.8. The molecule has 2 aromatic rings. The van der Waals surface area contributed by atoms with Crippen LogP contribution < -0.4 is 9.47 Å². The summed E-state index contributed by atoms with van der Waals surface area (Å²) in [6.07, 6.45) is 3.03. The largest absolute Gasteiger partial charge is 0.492 e. The molecule has 0 saturated heterocycles. The van der Waals surface area contributed by atoms with E-state index in [0.717, 1.165) is 16.6 Å². The number of nitrogens with zero attached hydrogens (tertiary/aromatic N) is 1. The fourth-order valence-electron chi connectivity index (χ4n) is 2.64. The summed E-state index contributed by atoms with van der Waals surface area (Å²) < 4.78 is 16.8. The third kappa shape index (κ3) is 7.91. The fourth-order valence-corrected chi connectivity index (χ4v) is 3.18. The van der Waals surface area contributed by atoms with Crippen LogP contribution in [-0.2, 0) is 20.7 Å². The third-order valence-electron chi connectivity index (χ3n) is 4.20. The van der Waals surface area contributed by atoms with Gasteiger partial charge in [-0.05, 0) is 77.2 Å². The molecule has 7 heteroatoms. The molecule has 2 rings (SSSR count). The molecule has 0 aliphatic carbocycles. The average Bonchev–Trinajstić information content (AvgIpc) is 2.76. The number of benzene rings is 2. The Kier molecular flexibility index (Phi) is 9.79. The number of halogens is 1. The van der Waals surface area contributed by atoms with Gasteiger partial charge in [0.05, 0.1) is 17.7 Å². The van der Waals surface area contributed by atoms with E-state index in [0.29, 0.717) is 24.3 Å². The molecule has 0 atom stereocenters. The molecule has 0 saturated carbocycles. The van der Waals surface area contributed by atoms with Gasteiger partial charge in [-0.25, -0.2) is 4.79 Å². The Balaban J connectivity index is 1.86. The highest BCUT2D eigenvalue weighted by molar-refractivity contribution is 9.10. The maximum absolute atomic E-state index is 12.1. The number of carbonyl (C=O) groups excluding carboxylic acids is 2. The van der Waals surface area contributed by atoms with Gasteiger partial charge in [-0.3, -0.25) is 4.79 Å². The van der Waals surface area contributed by atoms with Crippen LogP contribution in [0.1, 0.15) is 37.8 Å². The molecule has 0 bridgehead atoms. The number of ether oxygens (including phenoxy) is 3. The second-order valence-electron chi connectivity index (χ2n) is 6.51. The number of carbonyl (C=O) groups is 2. The second-order valence-corrected chi connectivity index (χ2v) is 7.36. The fraction of sp³-hybridized carbons (Fsp3) is 0.292. The number of nitriles is 1. The summed E-state index contributed by atoms with van der Waals surface area (Å²) in [4.78, 5) is 23.9. The van der Waals surface area contributed by atoms with Crippen molar-refractivity contribution in [3.63, 3.8) is 0 Å². The molecule has 6 nitrogen and oxygen atoms in total. The van der Waals surface area contributed by atoms with Gasteiger partial charge in [0.2, 0.25) is 0 Å². The minimum atomic E-state index is -0.691. The summed E-state index contributed by atoms with van der Waals surface area (Å²) in [5.41, 5.74) is 1.64. The van der Waals surface area contributed by atoms with Gasteiger partial charge in [-0.15, -0.1) is 0 Å². The van der Waals surface area contributed by atoms with E-state index in [1.807, 2.05) is 24.3 Å². The smallest absolute Gasteiger partial charge is 0.348 e. The summed E-state index contributed by atoms with van der Waals surface area (Å²) in [6, 6.07) is 14.3. The number of hydrogen-bond acceptors (Lipinski definition) is 6. The van der Waals surface area contributed by atoms with Gasteiger partial charge >= 0.3 is 11.9 Å². The first kappa shape index (κ1) is 24.2. The molecule has 0 aliphatic rings. The van der Waals surface area contributed by atoms with Crippen molar-refractivity contribution in [1.29, 1.82) is 5.26 Å². The molecule has 31 heavy (non-hydrogen) atoms. The van der Waals surface area contributed by atoms with Crippen molar-refractivity contribution >= 4 is 33.9 Å². The van der Waals surface area contributed by atoms with Gasteiger partial charge in [0.25, 0.3) is 0 Å². The molecular weight excluding hydrogens is 462 g/mol. The van der Waals surface area contributed by atoms with E-state index in [2.05, 4.69) is 22.9 Å². The Labute approximate surface area is 190 Å². The van der Waals surface area contributed by atoms with E-state index in [1.54, 1.807) is 31.2 Å². The molecule has 0 aliphatic heterocycles. The zero-order valence-corrected chi connectivity index (χ0v) is 19.1. The van der Waals surface area contributed by atoms with Crippen LogP contribution in [0.5, 0.6) is 11.5 Å². The first-order valence-corrected chi connectivity index (χ1v) is 10.8. The average molecular weight is 486 g/mol. The molecule has 0 spiro atoms. The van der Waals surface area contributed by atoms with E-state index >= 15 is 0 Å². The highest BCUT2D eigenvalue weighted by Gasteiger charge is 2.11. The number of hydrogen-bond donors (Lipinski definition) is 0. The van der Waals surface area contributed by atoms with Gasteiger partial charge in [-0.2, -0.15) is 5.26 Å². The predicted molar refractivity (Wildman–Crippen MR) is 121 cm³/mol. The van der Waals surface area contributed by atoms with E-state index in [1.165, 1.54) is 11.6 Å². The Morgan fingerprint density at radius 2 is 1.97 bits per heavy atom. The Bertz CT molecular complexity index is 994. The zero-order chi connectivity index (χ0) is 22.6. The SMILES string of the molecule is CCOC(=O)/C(C#N)=C/c1cccc(OC(=O)CCCOc2ccc(CC)cc2Br)c1.